The Morgan fingerprint density at radius 2 is 0.897 bits per heavy atom. The van der Waals surface area contributed by atoms with Crippen molar-refractivity contribution in [2.24, 2.45) is 0 Å². The van der Waals surface area contributed by atoms with Gasteiger partial charge in [-0.15, -0.1) is 0 Å². The lowest BCUT2D eigenvalue weighted by atomic mass is 9.96. The third-order valence-electron chi connectivity index (χ3n) is 4.87. The lowest BCUT2D eigenvalue weighted by Gasteiger charge is -2.08. The van der Waals surface area contributed by atoms with E-state index in [1.165, 1.54) is 6.07 Å². The van der Waals surface area contributed by atoms with E-state index >= 15 is 0 Å². The maximum absolute atomic E-state index is 12.8. The van der Waals surface area contributed by atoms with Crippen molar-refractivity contribution in [3.8, 4) is 22.3 Å². The smallest absolute Gasteiger partial charge is 0.336 e. The molecular formula is C26H18O3. The van der Waals surface area contributed by atoms with E-state index in [2.05, 4.69) is 36.4 Å². The molecule has 4 aromatic carbocycles. The maximum Gasteiger partial charge on any atom is 0.336 e. The number of rotatable bonds is 5. The topological polar surface area (TPSA) is 54.4 Å². The molecule has 1 N–H and O–H groups in total. The largest absolute Gasteiger partial charge is 0.478 e. The van der Waals surface area contributed by atoms with Crippen LogP contribution in [0.5, 0.6) is 0 Å². The molecule has 0 aromatic heterocycles. The summed E-state index contributed by atoms with van der Waals surface area (Å²) < 4.78 is 0. The van der Waals surface area contributed by atoms with Gasteiger partial charge in [0.2, 0.25) is 0 Å². The molecule has 0 saturated carbocycles. The average molecular weight is 378 g/mol. The summed E-state index contributed by atoms with van der Waals surface area (Å²) in [6.45, 7) is 0. The van der Waals surface area contributed by atoms with Crippen LogP contribution in [0, 0.1) is 0 Å². The van der Waals surface area contributed by atoms with Crippen molar-refractivity contribution in [2.45, 2.75) is 0 Å². The van der Waals surface area contributed by atoms with Gasteiger partial charge in [-0.05, 0) is 28.3 Å². The number of aromatic carboxylic acids is 1. The third-order valence-corrected chi connectivity index (χ3v) is 4.87. The van der Waals surface area contributed by atoms with E-state index in [1.807, 2.05) is 30.3 Å². The van der Waals surface area contributed by atoms with E-state index in [1.54, 1.807) is 30.3 Å². The van der Waals surface area contributed by atoms with Crippen LogP contribution in [0.3, 0.4) is 0 Å². The predicted molar refractivity (Wildman–Crippen MR) is 114 cm³/mol. The second-order valence-electron chi connectivity index (χ2n) is 6.70. The highest BCUT2D eigenvalue weighted by Gasteiger charge is 2.17. The summed E-state index contributed by atoms with van der Waals surface area (Å²) in [7, 11) is 0. The van der Waals surface area contributed by atoms with Crippen molar-refractivity contribution >= 4 is 11.8 Å². The molecule has 0 atom stereocenters. The van der Waals surface area contributed by atoms with Gasteiger partial charge in [-0.1, -0.05) is 97.1 Å². The van der Waals surface area contributed by atoms with Crippen LogP contribution >= 0.6 is 0 Å². The monoisotopic (exact) mass is 378 g/mol. The fraction of sp³-hybridized carbons (Fsp3) is 0. The maximum atomic E-state index is 12.8. The zero-order valence-electron chi connectivity index (χ0n) is 15.6. The summed E-state index contributed by atoms with van der Waals surface area (Å²) in [6, 6.07) is 31.9. The van der Waals surface area contributed by atoms with Crippen LogP contribution in [0.15, 0.2) is 103 Å². The van der Waals surface area contributed by atoms with Crippen LogP contribution in [0.1, 0.15) is 26.3 Å². The number of hydrogen-bond acceptors (Lipinski definition) is 2. The zero-order chi connectivity index (χ0) is 20.2. The Morgan fingerprint density at radius 1 is 0.483 bits per heavy atom. The van der Waals surface area contributed by atoms with Gasteiger partial charge in [-0.25, -0.2) is 4.79 Å². The number of benzene rings is 4. The lowest BCUT2D eigenvalue weighted by Crippen LogP contribution is -2.09. The molecule has 0 heterocycles. The molecule has 3 nitrogen and oxygen atoms in total. The van der Waals surface area contributed by atoms with Crippen molar-refractivity contribution < 1.29 is 14.7 Å². The first kappa shape index (κ1) is 18.4. The highest BCUT2D eigenvalue weighted by molar-refractivity contribution is 6.14. The zero-order valence-corrected chi connectivity index (χ0v) is 15.6. The molecule has 0 aliphatic heterocycles. The molecular weight excluding hydrogens is 360 g/mol. The molecule has 0 aliphatic rings. The number of carbonyl (C=O) groups excluding carboxylic acids is 1. The minimum atomic E-state index is -1.11. The molecule has 0 radical (unpaired) electrons. The Balaban J connectivity index is 1.58. The summed E-state index contributed by atoms with van der Waals surface area (Å²) >= 11 is 0. The molecule has 0 bridgehead atoms. The highest BCUT2D eigenvalue weighted by atomic mass is 16.4. The minimum Gasteiger partial charge on any atom is -0.478 e. The highest BCUT2D eigenvalue weighted by Crippen LogP contribution is 2.25. The van der Waals surface area contributed by atoms with Crippen LogP contribution < -0.4 is 0 Å². The molecule has 0 spiro atoms. The fourth-order valence-electron chi connectivity index (χ4n) is 3.32. The van der Waals surface area contributed by atoms with E-state index < -0.39 is 5.97 Å². The molecule has 4 aromatic rings. The van der Waals surface area contributed by atoms with Crippen molar-refractivity contribution in [1.29, 1.82) is 0 Å². The van der Waals surface area contributed by atoms with Gasteiger partial charge in [0, 0.05) is 11.1 Å². The standard InChI is InChI=1S/C26H18O3/c27-25(23-8-4-5-9-24(23)26(28)29)22-16-14-21(15-17-22)20-12-10-19(11-13-20)18-6-2-1-3-7-18/h1-17H,(H,28,29). The molecule has 140 valence electrons. The number of carboxylic acids is 1. The number of carboxylic acid groups (broad SMARTS) is 1. The van der Waals surface area contributed by atoms with Crippen LogP contribution in [0.2, 0.25) is 0 Å². The van der Waals surface area contributed by atoms with Crippen molar-refractivity contribution in [3.63, 3.8) is 0 Å². The summed E-state index contributed by atoms with van der Waals surface area (Å²) in [5.41, 5.74) is 5.02. The normalized spacial score (nSPS) is 10.5. The Hall–Kier alpha value is -3.98. The van der Waals surface area contributed by atoms with Crippen LogP contribution in [-0.4, -0.2) is 16.9 Å². The first-order chi connectivity index (χ1) is 14.1. The number of carbonyl (C=O) groups is 2. The van der Waals surface area contributed by atoms with Gasteiger partial charge < -0.3 is 5.11 Å². The van der Waals surface area contributed by atoms with E-state index in [-0.39, 0.29) is 16.9 Å². The van der Waals surface area contributed by atoms with Gasteiger partial charge in [-0.3, -0.25) is 4.79 Å². The second kappa shape index (κ2) is 7.95. The molecule has 3 heteroatoms. The van der Waals surface area contributed by atoms with E-state index in [0.717, 1.165) is 22.3 Å². The van der Waals surface area contributed by atoms with Gasteiger partial charge >= 0.3 is 5.97 Å². The Labute approximate surface area is 168 Å². The average Bonchev–Trinajstić information content (AvgIpc) is 2.79. The van der Waals surface area contributed by atoms with Gasteiger partial charge in [0.1, 0.15) is 0 Å². The quantitative estimate of drug-likeness (QED) is 0.437. The van der Waals surface area contributed by atoms with E-state index in [0.29, 0.717) is 5.56 Å². The molecule has 29 heavy (non-hydrogen) atoms. The van der Waals surface area contributed by atoms with E-state index in [9.17, 15) is 14.7 Å². The van der Waals surface area contributed by atoms with Crippen molar-refractivity contribution in [2.75, 3.05) is 0 Å². The van der Waals surface area contributed by atoms with Gasteiger partial charge in [0.15, 0.2) is 5.78 Å². The van der Waals surface area contributed by atoms with Crippen LogP contribution in [-0.2, 0) is 0 Å². The third kappa shape index (κ3) is 3.85. The van der Waals surface area contributed by atoms with Gasteiger partial charge in [-0.2, -0.15) is 0 Å². The van der Waals surface area contributed by atoms with Gasteiger partial charge in [0.05, 0.1) is 5.56 Å². The summed E-state index contributed by atoms with van der Waals surface area (Å²) in [5.74, 6) is -1.40. The van der Waals surface area contributed by atoms with Crippen molar-refractivity contribution in [1.82, 2.24) is 0 Å². The molecule has 0 aliphatic carbocycles. The molecule has 0 saturated heterocycles. The Morgan fingerprint density at radius 3 is 1.41 bits per heavy atom. The Kier molecular flexibility index (Phi) is 5.04. The summed E-state index contributed by atoms with van der Waals surface area (Å²) in [5, 5.41) is 9.31. The SMILES string of the molecule is O=C(O)c1ccccc1C(=O)c1ccc(-c2ccc(-c3ccccc3)cc2)cc1. The predicted octanol–water partition coefficient (Wildman–Crippen LogP) is 5.95. The molecule has 0 amide bonds. The lowest BCUT2D eigenvalue weighted by molar-refractivity contribution is 0.0693. The van der Waals surface area contributed by atoms with Crippen molar-refractivity contribution in [3.05, 3.63) is 120 Å². The fourth-order valence-corrected chi connectivity index (χ4v) is 3.32. The van der Waals surface area contributed by atoms with Crippen LogP contribution in [0.4, 0.5) is 0 Å². The van der Waals surface area contributed by atoms with E-state index in [4.69, 9.17) is 0 Å². The van der Waals surface area contributed by atoms with Gasteiger partial charge in [0.25, 0.3) is 0 Å². The Bertz CT molecular complexity index is 1160. The second-order valence-corrected chi connectivity index (χ2v) is 6.70. The van der Waals surface area contributed by atoms with Crippen LogP contribution in [0.25, 0.3) is 22.3 Å². The number of hydrogen-bond donors (Lipinski definition) is 1. The first-order valence-electron chi connectivity index (χ1n) is 9.26. The molecule has 0 fully saturated rings. The summed E-state index contributed by atoms with van der Waals surface area (Å²) in [6.07, 6.45) is 0. The number of ketones is 1. The minimum absolute atomic E-state index is 0.0121. The molecule has 4 rings (SSSR count). The molecule has 0 unspecified atom stereocenters. The summed E-state index contributed by atoms with van der Waals surface area (Å²) in [4.78, 5) is 24.1. The first-order valence-corrected chi connectivity index (χ1v) is 9.26.